The van der Waals surface area contributed by atoms with Crippen molar-refractivity contribution in [1.82, 2.24) is 14.9 Å². The van der Waals surface area contributed by atoms with Crippen molar-refractivity contribution < 1.29 is 0 Å². The SMILES string of the molecule is Cc1ccc2nc([C@H]3CCN(C)C3)[nH]c2c1. The summed E-state index contributed by atoms with van der Waals surface area (Å²) >= 11 is 0. The largest absolute Gasteiger partial charge is 0.342 e. The molecule has 2 aromatic rings. The number of fused-ring (bicyclic) bond motifs is 1. The fraction of sp³-hybridized carbons (Fsp3) is 0.462. The summed E-state index contributed by atoms with van der Waals surface area (Å²) in [6, 6.07) is 6.39. The summed E-state index contributed by atoms with van der Waals surface area (Å²) in [5, 5.41) is 0. The lowest BCUT2D eigenvalue weighted by atomic mass is 10.1. The molecule has 0 amide bonds. The first-order valence-electron chi connectivity index (χ1n) is 5.87. The molecular formula is C13H17N3. The fourth-order valence-electron chi connectivity index (χ4n) is 2.49. The van der Waals surface area contributed by atoms with Crippen molar-refractivity contribution in [3.05, 3.63) is 29.6 Å². The first kappa shape index (κ1) is 9.85. The van der Waals surface area contributed by atoms with E-state index in [2.05, 4.69) is 47.0 Å². The van der Waals surface area contributed by atoms with E-state index < -0.39 is 0 Å². The van der Waals surface area contributed by atoms with Crippen LogP contribution in [-0.4, -0.2) is 35.0 Å². The van der Waals surface area contributed by atoms with E-state index >= 15 is 0 Å². The maximum Gasteiger partial charge on any atom is 0.111 e. The number of hydrogen-bond donors (Lipinski definition) is 1. The van der Waals surface area contributed by atoms with Crippen molar-refractivity contribution >= 4 is 11.0 Å². The minimum atomic E-state index is 0.581. The van der Waals surface area contributed by atoms with E-state index in [1.54, 1.807) is 0 Å². The van der Waals surface area contributed by atoms with Crippen molar-refractivity contribution in [2.45, 2.75) is 19.3 Å². The van der Waals surface area contributed by atoms with Crippen LogP contribution in [-0.2, 0) is 0 Å². The van der Waals surface area contributed by atoms with E-state index in [-0.39, 0.29) is 0 Å². The van der Waals surface area contributed by atoms with Crippen molar-refractivity contribution in [1.29, 1.82) is 0 Å². The molecule has 0 saturated carbocycles. The monoisotopic (exact) mass is 215 g/mol. The highest BCUT2D eigenvalue weighted by molar-refractivity contribution is 5.75. The number of likely N-dealkylation sites (N-methyl/N-ethyl adjacent to an activating group) is 1. The molecule has 3 nitrogen and oxygen atoms in total. The Hall–Kier alpha value is -1.35. The number of H-pyrrole nitrogens is 1. The second-order valence-electron chi connectivity index (χ2n) is 4.89. The third-order valence-corrected chi connectivity index (χ3v) is 3.43. The van der Waals surface area contributed by atoms with Gasteiger partial charge in [0.05, 0.1) is 11.0 Å². The lowest BCUT2D eigenvalue weighted by Gasteiger charge is -2.06. The molecule has 1 aromatic heterocycles. The summed E-state index contributed by atoms with van der Waals surface area (Å²) in [6.07, 6.45) is 1.22. The number of nitrogens with zero attached hydrogens (tertiary/aromatic N) is 2. The van der Waals surface area contributed by atoms with Crippen molar-refractivity contribution in [3.63, 3.8) is 0 Å². The van der Waals surface area contributed by atoms with Gasteiger partial charge in [0.1, 0.15) is 5.82 Å². The third-order valence-electron chi connectivity index (χ3n) is 3.43. The van der Waals surface area contributed by atoms with Gasteiger partial charge < -0.3 is 9.88 Å². The summed E-state index contributed by atoms with van der Waals surface area (Å²) < 4.78 is 0. The van der Waals surface area contributed by atoms with Gasteiger partial charge in [-0.25, -0.2) is 4.98 Å². The predicted octanol–water partition coefficient (Wildman–Crippen LogP) is 2.29. The van der Waals surface area contributed by atoms with Crippen LogP contribution >= 0.6 is 0 Å². The van der Waals surface area contributed by atoms with Crippen LogP contribution in [0, 0.1) is 6.92 Å². The van der Waals surface area contributed by atoms with Gasteiger partial charge in [-0.2, -0.15) is 0 Å². The van der Waals surface area contributed by atoms with Gasteiger partial charge in [0.2, 0.25) is 0 Å². The van der Waals surface area contributed by atoms with Gasteiger partial charge in [-0.05, 0) is 44.6 Å². The molecule has 84 valence electrons. The Balaban J connectivity index is 1.99. The summed E-state index contributed by atoms with van der Waals surface area (Å²) in [5.41, 5.74) is 3.55. The molecule has 3 heteroatoms. The summed E-state index contributed by atoms with van der Waals surface area (Å²) in [7, 11) is 2.17. The van der Waals surface area contributed by atoms with Crippen LogP contribution in [0.4, 0.5) is 0 Å². The van der Waals surface area contributed by atoms with E-state index in [4.69, 9.17) is 0 Å². The molecular weight excluding hydrogens is 198 g/mol. The minimum absolute atomic E-state index is 0.581. The van der Waals surface area contributed by atoms with Crippen LogP contribution in [0.15, 0.2) is 18.2 Å². The number of imidazole rings is 1. The Labute approximate surface area is 95.5 Å². The van der Waals surface area contributed by atoms with Crippen molar-refractivity contribution in [2.24, 2.45) is 0 Å². The second-order valence-corrected chi connectivity index (χ2v) is 4.89. The number of rotatable bonds is 1. The Bertz CT molecular complexity index is 515. The molecule has 1 saturated heterocycles. The maximum absolute atomic E-state index is 4.69. The molecule has 1 aliphatic heterocycles. The van der Waals surface area contributed by atoms with E-state index in [1.165, 1.54) is 24.0 Å². The van der Waals surface area contributed by atoms with Crippen molar-refractivity contribution in [3.8, 4) is 0 Å². The lowest BCUT2D eigenvalue weighted by Crippen LogP contribution is -2.13. The van der Waals surface area contributed by atoms with E-state index in [0.717, 1.165) is 17.9 Å². The zero-order chi connectivity index (χ0) is 11.1. The summed E-state index contributed by atoms with van der Waals surface area (Å²) in [5.74, 6) is 1.74. The summed E-state index contributed by atoms with van der Waals surface area (Å²) in [4.78, 5) is 10.5. The predicted molar refractivity (Wildman–Crippen MR) is 65.7 cm³/mol. The second kappa shape index (κ2) is 3.59. The Morgan fingerprint density at radius 1 is 1.44 bits per heavy atom. The first-order valence-corrected chi connectivity index (χ1v) is 5.87. The van der Waals surface area contributed by atoms with Gasteiger partial charge >= 0.3 is 0 Å². The zero-order valence-electron chi connectivity index (χ0n) is 9.83. The van der Waals surface area contributed by atoms with Crippen LogP contribution in [0.1, 0.15) is 23.7 Å². The molecule has 16 heavy (non-hydrogen) atoms. The number of aryl methyl sites for hydroxylation is 1. The van der Waals surface area contributed by atoms with Gasteiger partial charge in [0.15, 0.2) is 0 Å². The molecule has 1 atom stereocenters. The number of nitrogens with one attached hydrogen (secondary N) is 1. The fourth-order valence-corrected chi connectivity index (χ4v) is 2.49. The molecule has 3 rings (SSSR count). The normalized spacial score (nSPS) is 22.0. The van der Waals surface area contributed by atoms with Crippen LogP contribution in [0.5, 0.6) is 0 Å². The Kier molecular flexibility index (Phi) is 2.21. The Morgan fingerprint density at radius 3 is 3.06 bits per heavy atom. The molecule has 0 radical (unpaired) electrons. The van der Waals surface area contributed by atoms with E-state index in [0.29, 0.717) is 5.92 Å². The van der Waals surface area contributed by atoms with Gasteiger partial charge in [-0.1, -0.05) is 6.07 Å². The molecule has 1 fully saturated rings. The van der Waals surface area contributed by atoms with Gasteiger partial charge in [-0.3, -0.25) is 0 Å². The minimum Gasteiger partial charge on any atom is -0.342 e. The molecule has 1 N–H and O–H groups in total. The van der Waals surface area contributed by atoms with E-state index in [9.17, 15) is 0 Å². The topological polar surface area (TPSA) is 31.9 Å². The van der Waals surface area contributed by atoms with Crippen LogP contribution in [0.25, 0.3) is 11.0 Å². The zero-order valence-corrected chi connectivity index (χ0v) is 9.83. The molecule has 1 aromatic carbocycles. The number of hydrogen-bond acceptors (Lipinski definition) is 2. The summed E-state index contributed by atoms with van der Waals surface area (Å²) in [6.45, 7) is 4.42. The highest BCUT2D eigenvalue weighted by Crippen LogP contribution is 2.26. The number of aromatic nitrogens is 2. The average Bonchev–Trinajstić information content (AvgIpc) is 2.83. The van der Waals surface area contributed by atoms with Crippen LogP contribution in [0.3, 0.4) is 0 Å². The molecule has 0 aliphatic carbocycles. The maximum atomic E-state index is 4.69. The van der Waals surface area contributed by atoms with Gasteiger partial charge in [0, 0.05) is 12.5 Å². The Morgan fingerprint density at radius 2 is 2.31 bits per heavy atom. The first-order chi connectivity index (χ1) is 7.72. The van der Waals surface area contributed by atoms with Crippen molar-refractivity contribution in [2.75, 3.05) is 20.1 Å². The number of likely N-dealkylation sites (tertiary alicyclic amines) is 1. The highest BCUT2D eigenvalue weighted by atomic mass is 15.1. The molecule has 0 spiro atoms. The molecule has 0 unspecified atom stereocenters. The quantitative estimate of drug-likeness (QED) is 0.791. The third kappa shape index (κ3) is 1.61. The van der Waals surface area contributed by atoms with Gasteiger partial charge in [-0.15, -0.1) is 0 Å². The standard InChI is InChI=1S/C13H17N3/c1-9-3-4-11-12(7-9)15-13(14-11)10-5-6-16(2)8-10/h3-4,7,10H,5-6,8H2,1-2H3,(H,14,15)/t10-/m0/s1. The molecule has 0 bridgehead atoms. The number of aromatic amines is 1. The molecule has 1 aliphatic rings. The number of benzene rings is 1. The van der Waals surface area contributed by atoms with Gasteiger partial charge in [0.25, 0.3) is 0 Å². The van der Waals surface area contributed by atoms with Crippen LogP contribution in [0.2, 0.25) is 0 Å². The highest BCUT2D eigenvalue weighted by Gasteiger charge is 2.23. The molecule has 2 heterocycles. The average molecular weight is 215 g/mol. The van der Waals surface area contributed by atoms with Crippen LogP contribution < -0.4 is 0 Å². The lowest BCUT2D eigenvalue weighted by molar-refractivity contribution is 0.410. The van der Waals surface area contributed by atoms with E-state index in [1.807, 2.05) is 0 Å². The smallest absolute Gasteiger partial charge is 0.111 e.